The molecule has 0 bridgehead atoms. The van der Waals surface area contributed by atoms with E-state index >= 15 is 0 Å². The Bertz CT molecular complexity index is 591. The second-order valence-electron chi connectivity index (χ2n) is 4.90. The van der Waals surface area contributed by atoms with Crippen LogP contribution in [0.15, 0.2) is 42.5 Å². The van der Waals surface area contributed by atoms with E-state index in [0.29, 0.717) is 11.6 Å². The van der Waals surface area contributed by atoms with Crippen molar-refractivity contribution >= 4 is 11.6 Å². The first-order valence-electron chi connectivity index (χ1n) is 6.41. The summed E-state index contributed by atoms with van der Waals surface area (Å²) in [6.45, 7) is 6.13. The van der Waals surface area contributed by atoms with Gasteiger partial charge in [0.1, 0.15) is 5.69 Å². The van der Waals surface area contributed by atoms with Gasteiger partial charge in [-0.15, -0.1) is 0 Å². The molecule has 0 radical (unpaired) electrons. The zero-order valence-electron chi connectivity index (χ0n) is 11.5. The molecule has 3 nitrogen and oxygen atoms in total. The van der Waals surface area contributed by atoms with Gasteiger partial charge in [0.2, 0.25) is 0 Å². The fourth-order valence-corrected chi connectivity index (χ4v) is 1.84. The molecule has 19 heavy (non-hydrogen) atoms. The lowest BCUT2D eigenvalue weighted by Gasteiger charge is -2.09. The van der Waals surface area contributed by atoms with E-state index in [9.17, 15) is 4.79 Å². The molecule has 3 heteroatoms. The number of rotatable bonds is 3. The standard InChI is InChI=1S/C16H18N2O/c1-11(2)13-7-5-8-14(10-13)18-16(19)15-9-4-6-12(3)17-15/h4-11H,1-3H3,(H,18,19). The van der Waals surface area contributed by atoms with Crippen LogP contribution in [0.2, 0.25) is 0 Å². The molecular formula is C16H18N2O. The molecule has 2 aromatic rings. The molecule has 0 aliphatic carbocycles. The molecule has 0 saturated carbocycles. The second-order valence-corrected chi connectivity index (χ2v) is 4.90. The molecule has 1 aromatic carbocycles. The molecule has 0 saturated heterocycles. The van der Waals surface area contributed by atoms with Gasteiger partial charge in [0.05, 0.1) is 0 Å². The number of nitrogens with zero attached hydrogens (tertiary/aromatic N) is 1. The lowest BCUT2D eigenvalue weighted by molar-refractivity contribution is 0.102. The van der Waals surface area contributed by atoms with Crippen molar-refractivity contribution in [2.75, 3.05) is 5.32 Å². The van der Waals surface area contributed by atoms with Gasteiger partial charge in [-0.25, -0.2) is 4.98 Å². The number of aryl methyl sites for hydroxylation is 1. The van der Waals surface area contributed by atoms with E-state index in [2.05, 4.69) is 30.2 Å². The molecule has 0 fully saturated rings. The number of carbonyl (C=O) groups is 1. The molecule has 0 atom stereocenters. The fraction of sp³-hybridized carbons (Fsp3) is 0.250. The number of hydrogen-bond acceptors (Lipinski definition) is 2. The SMILES string of the molecule is Cc1cccc(C(=O)Nc2cccc(C(C)C)c2)n1. The van der Waals surface area contributed by atoms with E-state index in [1.54, 1.807) is 6.07 Å². The van der Waals surface area contributed by atoms with Gasteiger partial charge in [-0.1, -0.05) is 32.0 Å². The molecule has 0 unspecified atom stereocenters. The Hall–Kier alpha value is -2.16. The third-order valence-electron chi connectivity index (χ3n) is 2.93. The average Bonchev–Trinajstić information content (AvgIpc) is 2.39. The Labute approximate surface area is 113 Å². The molecule has 0 aliphatic rings. The highest BCUT2D eigenvalue weighted by molar-refractivity contribution is 6.02. The predicted octanol–water partition coefficient (Wildman–Crippen LogP) is 3.77. The monoisotopic (exact) mass is 254 g/mol. The van der Waals surface area contributed by atoms with Crippen LogP contribution in [0.4, 0.5) is 5.69 Å². The Balaban J connectivity index is 2.17. The quantitative estimate of drug-likeness (QED) is 0.906. The van der Waals surface area contributed by atoms with Crippen molar-refractivity contribution in [2.45, 2.75) is 26.7 Å². The number of aromatic nitrogens is 1. The van der Waals surface area contributed by atoms with Crippen LogP contribution in [0.25, 0.3) is 0 Å². The summed E-state index contributed by atoms with van der Waals surface area (Å²) in [6.07, 6.45) is 0. The largest absolute Gasteiger partial charge is 0.321 e. The molecule has 1 aromatic heterocycles. The van der Waals surface area contributed by atoms with Crippen LogP contribution >= 0.6 is 0 Å². The number of anilines is 1. The summed E-state index contributed by atoms with van der Waals surface area (Å²) in [5.41, 5.74) is 3.29. The number of hydrogen-bond donors (Lipinski definition) is 1. The smallest absolute Gasteiger partial charge is 0.274 e. The highest BCUT2D eigenvalue weighted by Crippen LogP contribution is 2.18. The zero-order valence-corrected chi connectivity index (χ0v) is 11.5. The molecule has 1 heterocycles. The Morgan fingerprint density at radius 3 is 2.58 bits per heavy atom. The molecule has 2 rings (SSSR count). The molecule has 1 N–H and O–H groups in total. The minimum atomic E-state index is -0.176. The van der Waals surface area contributed by atoms with Crippen molar-refractivity contribution in [2.24, 2.45) is 0 Å². The molecule has 0 spiro atoms. The molecule has 1 amide bonds. The van der Waals surface area contributed by atoms with Crippen molar-refractivity contribution in [3.05, 3.63) is 59.4 Å². The molecular weight excluding hydrogens is 236 g/mol. The van der Waals surface area contributed by atoms with E-state index < -0.39 is 0 Å². The van der Waals surface area contributed by atoms with Gasteiger partial charge in [0, 0.05) is 11.4 Å². The Morgan fingerprint density at radius 1 is 1.16 bits per heavy atom. The summed E-state index contributed by atoms with van der Waals surface area (Å²) in [4.78, 5) is 16.3. The van der Waals surface area contributed by atoms with Crippen molar-refractivity contribution < 1.29 is 4.79 Å². The Morgan fingerprint density at radius 2 is 1.89 bits per heavy atom. The van der Waals surface area contributed by atoms with E-state index in [0.717, 1.165) is 11.4 Å². The number of pyridine rings is 1. The van der Waals surface area contributed by atoms with Gasteiger partial charge in [0.15, 0.2) is 0 Å². The first kappa shape index (κ1) is 13.3. The van der Waals surface area contributed by atoms with Crippen molar-refractivity contribution in [1.82, 2.24) is 4.98 Å². The van der Waals surface area contributed by atoms with E-state index in [1.807, 2.05) is 37.3 Å². The summed E-state index contributed by atoms with van der Waals surface area (Å²) in [5.74, 6) is 0.263. The van der Waals surface area contributed by atoms with Crippen LogP contribution in [0, 0.1) is 6.92 Å². The third-order valence-corrected chi connectivity index (χ3v) is 2.93. The second kappa shape index (κ2) is 5.65. The zero-order chi connectivity index (χ0) is 13.8. The minimum Gasteiger partial charge on any atom is -0.321 e. The summed E-state index contributed by atoms with van der Waals surface area (Å²) >= 11 is 0. The van der Waals surface area contributed by atoms with Crippen LogP contribution in [-0.4, -0.2) is 10.9 Å². The van der Waals surface area contributed by atoms with Crippen LogP contribution < -0.4 is 5.32 Å². The van der Waals surface area contributed by atoms with Crippen molar-refractivity contribution in [1.29, 1.82) is 0 Å². The van der Waals surface area contributed by atoms with Gasteiger partial charge >= 0.3 is 0 Å². The number of carbonyl (C=O) groups excluding carboxylic acids is 1. The lowest BCUT2D eigenvalue weighted by Crippen LogP contribution is -2.14. The lowest BCUT2D eigenvalue weighted by atomic mass is 10.0. The van der Waals surface area contributed by atoms with Gasteiger partial charge in [-0.2, -0.15) is 0 Å². The summed E-state index contributed by atoms with van der Waals surface area (Å²) < 4.78 is 0. The maximum Gasteiger partial charge on any atom is 0.274 e. The average molecular weight is 254 g/mol. The van der Waals surface area contributed by atoms with Crippen LogP contribution in [0.1, 0.15) is 41.5 Å². The summed E-state index contributed by atoms with van der Waals surface area (Å²) in [5, 5.41) is 2.88. The maximum atomic E-state index is 12.1. The van der Waals surface area contributed by atoms with Crippen molar-refractivity contribution in [3.63, 3.8) is 0 Å². The van der Waals surface area contributed by atoms with Gasteiger partial charge in [-0.3, -0.25) is 4.79 Å². The van der Waals surface area contributed by atoms with Crippen molar-refractivity contribution in [3.8, 4) is 0 Å². The minimum absolute atomic E-state index is 0.176. The van der Waals surface area contributed by atoms with E-state index in [-0.39, 0.29) is 5.91 Å². The number of nitrogens with one attached hydrogen (secondary N) is 1. The summed E-state index contributed by atoms with van der Waals surface area (Å²) in [7, 11) is 0. The van der Waals surface area contributed by atoms with E-state index in [4.69, 9.17) is 0 Å². The number of benzene rings is 1. The van der Waals surface area contributed by atoms with Crippen LogP contribution in [0.3, 0.4) is 0 Å². The first-order valence-corrected chi connectivity index (χ1v) is 6.41. The van der Waals surface area contributed by atoms with E-state index in [1.165, 1.54) is 5.56 Å². The molecule has 0 aliphatic heterocycles. The third kappa shape index (κ3) is 3.41. The summed E-state index contributed by atoms with van der Waals surface area (Å²) in [6, 6.07) is 13.3. The Kier molecular flexibility index (Phi) is 3.95. The molecule has 98 valence electrons. The normalized spacial score (nSPS) is 10.5. The predicted molar refractivity (Wildman–Crippen MR) is 77.5 cm³/mol. The van der Waals surface area contributed by atoms with Crippen LogP contribution in [0.5, 0.6) is 0 Å². The fourth-order valence-electron chi connectivity index (χ4n) is 1.84. The van der Waals surface area contributed by atoms with Gasteiger partial charge in [0.25, 0.3) is 5.91 Å². The topological polar surface area (TPSA) is 42.0 Å². The van der Waals surface area contributed by atoms with Crippen LogP contribution in [-0.2, 0) is 0 Å². The van der Waals surface area contributed by atoms with Gasteiger partial charge in [-0.05, 0) is 42.7 Å². The number of amides is 1. The highest BCUT2D eigenvalue weighted by atomic mass is 16.1. The maximum absolute atomic E-state index is 12.1. The first-order chi connectivity index (χ1) is 9.06. The van der Waals surface area contributed by atoms with Gasteiger partial charge < -0.3 is 5.32 Å². The highest BCUT2D eigenvalue weighted by Gasteiger charge is 2.08.